The molecule has 0 aliphatic heterocycles. The number of amides is 1. The second kappa shape index (κ2) is 3.99. The van der Waals surface area contributed by atoms with Gasteiger partial charge in [-0.15, -0.1) is 0 Å². The molecule has 1 N–H and O–H groups in total. The summed E-state index contributed by atoms with van der Waals surface area (Å²) in [6.45, 7) is 0. The molecule has 0 aromatic carbocycles. The van der Waals surface area contributed by atoms with Crippen LogP contribution in [-0.4, -0.2) is 23.2 Å². The second-order valence-corrected chi connectivity index (χ2v) is 2.29. The van der Waals surface area contributed by atoms with Gasteiger partial charge in [-0.05, 0) is 11.6 Å². The van der Waals surface area contributed by atoms with Crippen LogP contribution >= 0.6 is 11.6 Å². The molecular weight excluding hydrogens is 201 g/mol. The minimum Gasteiger partial charge on any atom is -0.453 e. The van der Waals surface area contributed by atoms with Crippen LogP contribution in [0.1, 0.15) is 0 Å². The number of halogens is 2. The van der Waals surface area contributed by atoms with E-state index in [0.29, 0.717) is 0 Å². The minimum atomic E-state index is -0.825. The van der Waals surface area contributed by atoms with E-state index in [1.54, 1.807) is 0 Å². The highest BCUT2D eigenvalue weighted by Crippen LogP contribution is 2.11. The van der Waals surface area contributed by atoms with E-state index in [-0.39, 0.29) is 11.1 Å². The summed E-state index contributed by atoms with van der Waals surface area (Å²) in [5.74, 6) is -1.10. The average molecular weight is 206 g/mol. The molecule has 0 unspecified atom stereocenters. The monoisotopic (exact) mass is 205 g/mol. The third-order valence-electron chi connectivity index (χ3n) is 1.12. The molecule has 0 saturated heterocycles. The van der Waals surface area contributed by atoms with E-state index in [2.05, 4.69) is 14.7 Å². The van der Waals surface area contributed by atoms with E-state index in [9.17, 15) is 9.18 Å². The number of carbonyl (C=O) groups excluding carboxylic acids is 1. The smallest absolute Gasteiger partial charge is 0.412 e. The molecule has 0 aliphatic carbocycles. The Morgan fingerprint density at radius 3 is 3.08 bits per heavy atom. The van der Waals surface area contributed by atoms with Gasteiger partial charge in [0, 0.05) is 0 Å². The lowest BCUT2D eigenvalue weighted by Gasteiger charge is -2.02. The van der Waals surface area contributed by atoms with Crippen molar-refractivity contribution in [2.24, 2.45) is 0 Å². The summed E-state index contributed by atoms with van der Waals surface area (Å²) in [6, 6.07) is 0. The fourth-order valence-electron chi connectivity index (χ4n) is 0.581. The van der Waals surface area contributed by atoms with Gasteiger partial charge in [0.15, 0.2) is 11.6 Å². The molecule has 0 aliphatic rings. The molecule has 7 heteroatoms. The van der Waals surface area contributed by atoms with Crippen molar-refractivity contribution >= 4 is 23.5 Å². The molecule has 70 valence electrons. The van der Waals surface area contributed by atoms with Crippen LogP contribution in [0.5, 0.6) is 0 Å². The number of hydrogen-bond acceptors (Lipinski definition) is 4. The molecule has 1 rings (SSSR count). The summed E-state index contributed by atoms with van der Waals surface area (Å²) in [5.41, 5.74) is 0. The molecule has 0 bridgehead atoms. The molecule has 1 heterocycles. The fraction of sp³-hybridized carbons (Fsp3) is 0.167. The molecule has 0 fully saturated rings. The van der Waals surface area contributed by atoms with Gasteiger partial charge in [0.25, 0.3) is 0 Å². The maximum absolute atomic E-state index is 12.8. The standard InChI is InChI=1S/C6H5ClFN3O2/c1-13-6(12)11-4-3(8)2-9-5(7)10-4/h2H,1H3,(H,9,10,11,12). The van der Waals surface area contributed by atoms with Crippen molar-refractivity contribution in [2.75, 3.05) is 12.4 Å². The first-order chi connectivity index (χ1) is 6.13. The highest BCUT2D eigenvalue weighted by atomic mass is 35.5. The van der Waals surface area contributed by atoms with Gasteiger partial charge in [0.05, 0.1) is 13.3 Å². The van der Waals surface area contributed by atoms with Gasteiger partial charge >= 0.3 is 6.09 Å². The van der Waals surface area contributed by atoms with E-state index < -0.39 is 11.9 Å². The van der Waals surface area contributed by atoms with Crippen molar-refractivity contribution in [1.29, 1.82) is 0 Å². The van der Waals surface area contributed by atoms with Crippen LogP contribution in [0.4, 0.5) is 15.0 Å². The second-order valence-electron chi connectivity index (χ2n) is 1.95. The fourth-order valence-corrected chi connectivity index (χ4v) is 0.714. The lowest BCUT2D eigenvalue weighted by molar-refractivity contribution is 0.186. The van der Waals surface area contributed by atoms with Gasteiger partial charge in [-0.2, -0.15) is 4.98 Å². The van der Waals surface area contributed by atoms with Gasteiger partial charge < -0.3 is 4.74 Å². The lowest BCUT2D eigenvalue weighted by Crippen LogP contribution is -2.13. The van der Waals surface area contributed by atoms with Crippen LogP contribution < -0.4 is 5.32 Å². The van der Waals surface area contributed by atoms with Crippen molar-refractivity contribution in [2.45, 2.75) is 0 Å². The number of anilines is 1. The van der Waals surface area contributed by atoms with Crippen LogP contribution in [-0.2, 0) is 4.74 Å². The van der Waals surface area contributed by atoms with E-state index >= 15 is 0 Å². The summed E-state index contributed by atoms with van der Waals surface area (Å²) in [7, 11) is 1.15. The first kappa shape index (κ1) is 9.66. The first-order valence-corrected chi connectivity index (χ1v) is 3.54. The Balaban J connectivity index is 2.87. The highest BCUT2D eigenvalue weighted by molar-refractivity contribution is 6.28. The molecule has 0 saturated carbocycles. The van der Waals surface area contributed by atoms with Crippen molar-refractivity contribution in [3.63, 3.8) is 0 Å². The van der Waals surface area contributed by atoms with Gasteiger partial charge in [-0.25, -0.2) is 14.2 Å². The Morgan fingerprint density at radius 1 is 1.77 bits per heavy atom. The molecule has 5 nitrogen and oxygen atoms in total. The van der Waals surface area contributed by atoms with Gasteiger partial charge in [-0.3, -0.25) is 5.32 Å². The van der Waals surface area contributed by atoms with Crippen LogP contribution in [0.15, 0.2) is 6.20 Å². The average Bonchev–Trinajstić information content (AvgIpc) is 2.11. The molecule has 0 radical (unpaired) electrons. The Hall–Kier alpha value is -1.43. The van der Waals surface area contributed by atoms with E-state index in [0.717, 1.165) is 13.3 Å². The number of ether oxygens (including phenoxy) is 1. The molecule has 1 amide bonds. The number of nitrogens with one attached hydrogen (secondary N) is 1. The first-order valence-electron chi connectivity index (χ1n) is 3.16. The number of hydrogen-bond donors (Lipinski definition) is 1. The molecule has 0 spiro atoms. The normalized spacial score (nSPS) is 9.46. The van der Waals surface area contributed by atoms with E-state index in [1.165, 1.54) is 0 Å². The molecule has 1 aromatic heterocycles. The number of carbonyl (C=O) groups is 1. The Labute approximate surface area is 77.9 Å². The van der Waals surface area contributed by atoms with E-state index in [4.69, 9.17) is 11.6 Å². The Bertz CT molecular complexity index is 334. The zero-order chi connectivity index (χ0) is 9.84. The van der Waals surface area contributed by atoms with Gasteiger partial charge in [0.1, 0.15) is 0 Å². The zero-order valence-corrected chi connectivity index (χ0v) is 7.30. The minimum absolute atomic E-state index is 0.159. The Kier molecular flexibility index (Phi) is 2.97. The quantitative estimate of drug-likeness (QED) is 0.705. The van der Waals surface area contributed by atoms with Crippen LogP contribution in [0.25, 0.3) is 0 Å². The van der Waals surface area contributed by atoms with Crippen molar-refractivity contribution in [3.8, 4) is 0 Å². The van der Waals surface area contributed by atoms with Gasteiger partial charge in [0.2, 0.25) is 5.28 Å². The number of aromatic nitrogens is 2. The molecule has 13 heavy (non-hydrogen) atoms. The molecular formula is C6H5ClFN3O2. The Morgan fingerprint density at radius 2 is 2.46 bits per heavy atom. The number of nitrogens with zero attached hydrogens (tertiary/aromatic N) is 2. The summed E-state index contributed by atoms with van der Waals surface area (Å²) >= 11 is 5.36. The van der Waals surface area contributed by atoms with Gasteiger partial charge in [-0.1, -0.05) is 0 Å². The van der Waals surface area contributed by atoms with Crippen LogP contribution in [0.2, 0.25) is 5.28 Å². The van der Waals surface area contributed by atoms with Crippen LogP contribution in [0, 0.1) is 5.82 Å². The van der Waals surface area contributed by atoms with Crippen molar-refractivity contribution in [1.82, 2.24) is 9.97 Å². The predicted octanol–water partition coefficient (Wildman–Crippen LogP) is 1.45. The summed E-state index contributed by atoms with van der Waals surface area (Å²) in [5, 5.41) is 1.87. The topological polar surface area (TPSA) is 64.1 Å². The third kappa shape index (κ3) is 2.51. The third-order valence-corrected chi connectivity index (χ3v) is 1.30. The maximum Gasteiger partial charge on any atom is 0.412 e. The summed E-state index contributed by atoms with van der Waals surface area (Å²) in [4.78, 5) is 17.4. The van der Waals surface area contributed by atoms with Crippen molar-refractivity contribution in [3.05, 3.63) is 17.3 Å². The van der Waals surface area contributed by atoms with Crippen molar-refractivity contribution < 1.29 is 13.9 Å². The lowest BCUT2D eigenvalue weighted by atomic mass is 10.5. The van der Waals surface area contributed by atoms with Crippen LogP contribution in [0.3, 0.4) is 0 Å². The highest BCUT2D eigenvalue weighted by Gasteiger charge is 2.09. The molecule has 1 aromatic rings. The molecule has 0 atom stereocenters. The SMILES string of the molecule is COC(=O)Nc1nc(Cl)ncc1F. The summed E-state index contributed by atoms with van der Waals surface area (Å²) < 4.78 is 17.0. The number of methoxy groups -OCH3 is 1. The largest absolute Gasteiger partial charge is 0.453 e. The van der Waals surface area contributed by atoms with E-state index in [1.807, 2.05) is 5.32 Å². The predicted molar refractivity (Wildman–Crippen MR) is 43.0 cm³/mol. The number of rotatable bonds is 1. The zero-order valence-electron chi connectivity index (χ0n) is 6.54. The maximum atomic E-state index is 12.8. The summed E-state index contributed by atoms with van der Waals surface area (Å²) in [6.07, 6.45) is 0.0225.